The second-order valence-electron chi connectivity index (χ2n) is 5.72. The summed E-state index contributed by atoms with van der Waals surface area (Å²) in [5.41, 5.74) is 1.98. The van der Waals surface area contributed by atoms with Crippen LogP contribution in [0, 0.1) is 0 Å². The average Bonchev–Trinajstić information content (AvgIpc) is 3.20. The Bertz CT molecular complexity index is 869. The molecular weight excluding hydrogens is 416 g/mol. The number of halogens is 1. The molecular formula is C18H15BrN4S2. The first kappa shape index (κ1) is 16.6. The zero-order valence-corrected chi connectivity index (χ0v) is 16.4. The molecule has 3 aromatic rings. The monoisotopic (exact) mass is 430 g/mol. The van der Waals surface area contributed by atoms with Gasteiger partial charge in [-0.1, -0.05) is 12.1 Å². The molecule has 126 valence electrons. The van der Waals surface area contributed by atoms with E-state index in [9.17, 15) is 0 Å². The van der Waals surface area contributed by atoms with Crippen LogP contribution in [0.15, 0.2) is 64.7 Å². The maximum atomic E-state index is 5.65. The van der Waals surface area contributed by atoms with Crippen molar-refractivity contribution in [1.82, 2.24) is 20.2 Å². The highest BCUT2D eigenvalue weighted by Crippen LogP contribution is 2.42. The smallest absolute Gasteiger partial charge is 0.170 e. The van der Waals surface area contributed by atoms with Gasteiger partial charge in [0, 0.05) is 17.3 Å². The molecule has 0 radical (unpaired) electrons. The third-order valence-electron chi connectivity index (χ3n) is 4.14. The highest BCUT2D eigenvalue weighted by Gasteiger charge is 2.40. The summed E-state index contributed by atoms with van der Waals surface area (Å²) in [7, 11) is 0. The fourth-order valence-corrected chi connectivity index (χ4v) is 4.92. The Balaban J connectivity index is 1.72. The molecule has 4 heterocycles. The number of rotatable bonds is 4. The van der Waals surface area contributed by atoms with Crippen molar-refractivity contribution >= 4 is 44.6 Å². The number of nitrogens with one attached hydrogen (secondary N) is 1. The molecule has 0 spiro atoms. The van der Waals surface area contributed by atoms with Crippen LogP contribution in [0.5, 0.6) is 0 Å². The van der Waals surface area contributed by atoms with Gasteiger partial charge >= 0.3 is 0 Å². The van der Waals surface area contributed by atoms with E-state index in [4.69, 9.17) is 12.2 Å². The minimum Gasteiger partial charge on any atom is -0.352 e. The topological polar surface area (TPSA) is 41.1 Å². The average molecular weight is 431 g/mol. The molecule has 25 heavy (non-hydrogen) atoms. The van der Waals surface area contributed by atoms with E-state index in [1.165, 1.54) is 4.88 Å². The summed E-state index contributed by atoms with van der Waals surface area (Å²) in [5, 5.41) is 4.19. The van der Waals surface area contributed by atoms with E-state index < -0.39 is 0 Å². The van der Waals surface area contributed by atoms with Crippen LogP contribution in [0.25, 0.3) is 0 Å². The van der Waals surface area contributed by atoms with Crippen LogP contribution in [0.4, 0.5) is 0 Å². The van der Waals surface area contributed by atoms with E-state index in [1.807, 2.05) is 48.8 Å². The lowest BCUT2D eigenvalue weighted by molar-refractivity contribution is 0.312. The molecule has 1 fully saturated rings. The van der Waals surface area contributed by atoms with Crippen molar-refractivity contribution in [3.63, 3.8) is 0 Å². The van der Waals surface area contributed by atoms with Gasteiger partial charge in [-0.25, -0.2) is 0 Å². The second kappa shape index (κ2) is 7.19. The number of pyridine rings is 2. The SMILES string of the molecule is S=C1N[C@H](c2ccccn2)[C@H](c2ccc(Br)s2)N1Cc1ccccn1. The van der Waals surface area contributed by atoms with E-state index in [1.54, 1.807) is 11.3 Å². The largest absolute Gasteiger partial charge is 0.352 e. The van der Waals surface area contributed by atoms with Crippen molar-refractivity contribution in [2.45, 2.75) is 18.6 Å². The van der Waals surface area contributed by atoms with Crippen LogP contribution < -0.4 is 5.32 Å². The Morgan fingerprint density at radius 3 is 2.52 bits per heavy atom. The molecule has 4 nitrogen and oxygen atoms in total. The van der Waals surface area contributed by atoms with Gasteiger partial charge in [-0.3, -0.25) is 9.97 Å². The molecule has 0 saturated carbocycles. The zero-order chi connectivity index (χ0) is 17.2. The molecule has 1 N–H and O–H groups in total. The minimum absolute atomic E-state index is 0.0166. The van der Waals surface area contributed by atoms with E-state index in [-0.39, 0.29) is 12.1 Å². The molecule has 0 bridgehead atoms. The standard InChI is InChI=1S/C18H15BrN4S2/c19-15-8-7-14(25-15)17-16(13-6-2-4-10-21-13)22-18(24)23(17)11-12-5-1-3-9-20-12/h1-10,16-17H,11H2,(H,22,24)/t16-,17+/m1/s1. The molecule has 0 amide bonds. The quantitative estimate of drug-likeness (QED) is 0.618. The molecule has 1 aliphatic rings. The molecule has 0 aromatic carbocycles. The van der Waals surface area contributed by atoms with Gasteiger partial charge in [0.25, 0.3) is 0 Å². The highest BCUT2D eigenvalue weighted by molar-refractivity contribution is 9.11. The summed E-state index contributed by atoms with van der Waals surface area (Å²) in [6, 6.07) is 16.3. The first-order valence-electron chi connectivity index (χ1n) is 7.85. The van der Waals surface area contributed by atoms with Crippen molar-refractivity contribution < 1.29 is 0 Å². The van der Waals surface area contributed by atoms with Gasteiger partial charge in [-0.2, -0.15) is 0 Å². The lowest BCUT2D eigenvalue weighted by atomic mass is 10.0. The second-order valence-corrected chi connectivity index (χ2v) is 8.60. The van der Waals surface area contributed by atoms with Crippen LogP contribution in [-0.4, -0.2) is 20.0 Å². The first-order chi connectivity index (χ1) is 12.2. The Kier molecular flexibility index (Phi) is 4.78. The van der Waals surface area contributed by atoms with Gasteiger partial charge in [0.1, 0.15) is 0 Å². The van der Waals surface area contributed by atoms with Crippen LogP contribution in [0.3, 0.4) is 0 Å². The fraction of sp³-hybridized carbons (Fsp3) is 0.167. The molecule has 2 atom stereocenters. The number of thiocarbonyl (C=S) groups is 1. The Hall–Kier alpha value is -1.83. The van der Waals surface area contributed by atoms with Crippen LogP contribution in [0.2, 0.25) is 0 Å². The maximum Gasteiger partial charge on any atom is 0.170 e. The maximum absolute atomic E-state index is 5.65. The van der Waals surface area contributed by atoms with E-state index in [2.05, 4.69) is 48.2 Å². The molecule has 1 saturated heterocycles. The molecule has 0 aliphatic carbocycles. The van der Waals surface area contributed by atoms with Crippen molar-refractivity contribution in [3.8, 4) is 0 Å². The van der Waals surface area contributed by atoms with Gasteiger partial charge < -0.3 is 10.2 Å². The van der Waals surface area contributed by atoms with Crippen molar-refractivity contribution in [3.05, 3.63) is 81.0 Å². The number of hydrogen-bond donors (Lipinski definition) is 1. The lowest BCUT2D eigenvalue weighted by Gasteiger charge is -2.26. The Morgan fingerprint density at radius 2 is 1.88 bits per heavy atom. The molecule has 1 aliphatic heterocycles. The number of nitrogens with zero attached hydrogens (tertiary/aromatic N) is 3. The van der Waals surface area contributed by atoms with Crippen molar-refractivity contribution in [1.29, 1.82) is 0 Å². The number of hydrogen-bond acceptors (Lipinski definition) is 4. The molecule has 3 aromatic heterocycles. The summed E-state index contributed by atoms with van der Waals surface area (Å²) < 4.78 is 1.11. The molecule has 4 rings (SSSR count). The summed E-state index contributed by atoms with van der Waals surface area (Å²) >= 11 is 11.0. The Morgan fingerprint density at radius 1 is 1.08 bits per heavy atom. The van der Waals surface area contributed by atoms with E-state index in [0.29, 0.717) is 6.54 Å². The Labute approximate surface area is 164 Å². The predicted molar refractivity (Wildman–Crippen MR) is 107 cm³/mol. The number of aromatic nitrogens is 2. The van der Waals surface area contributed by atoms with Gasteiger partial charge in [-0.15, -0.1) is 11.3 Å². The zero-order valence-electron chi connectivity index (χ0n) is 13.2. The normalized spacial score (nSPS) is 19.9. The van der Waals surface area contributed by atoms with E-state index in [0.717, 1.165) is 20.3 Å². The lowest BCUT2D eigenvalue weighted by Crippen LogP contribution is -2.29. The van der Waals surface area contributed by atoms with Gasteiger partial charge in [-0.05, 0) is 64.5 Å². The minimum atomic E-state index is 0.0166. The van der Waals surface area contributed by atoms with Crippen LogP contribution in [0.1, 0.15) is 28.3 Å². The van der Waals surface area contributed by atoms with Gasteiger partial charge in [0.15, 0.2) is 5.11 Å². The third-order valence-corrected chi connectivity index (χ3v) is 6.19. The third kappa shape index (κ3) is 3.44. The summed E-state index contributed by atoms with van der Waals surface area (Å²) in [4.78, 5) is 12.5. The van der Waals surface area contributed by atoms with Crippen LogP contribution in [-0.2, 0) is 6.54 Å². The van der Waals surface area contributed by atoms with Crippen LogP contribution >= 0.6 is 39.5 Å². The summed E-state index contributed by atoms with van der Waals surface area (Å²) in [6.07, 6.45) is 3.64. The highest BCUT2D eigenvalue weighted by atomic mass is 79.9. The predicted octanol–water partition coefficient (Wildman–Crippen LogP) is 4.47. The summed E-state index contributed by atoms with van der Waals surface area (Å²) in [6.45, 7) is 0.663. The van der Waals surface area contributed by atoms with Crippen molar-refractivity contribution in [2.24, 2.45) is 0 Å². The van der Waals surface area contributed by atoms with Gasteiger partial charge in [0.2, 0.25) is 0 Å². The molecule has 0 unspecified atom stereocenters. The summed E-state index contributed by atoms with van der Waals surface area (Å²) in [5.74, 6) is 0. The first-order valence-corrected chi connectivity index (χ1v) is 9.87. The van der Waals surface area contributed by atoms with E-state index >= 15 is 0 Å². The molecule has 7 heteroatoms. The van der Waals surface area contributed by atoms with Gasteiger partial charge in [0.05, 0.1) is 33.8 Å². The fourth-order valence-electron chi connectivity index (χ4n) is 3.04. The number of thiophene rings is 1. The van der Waals surface area contributed by atoms with Crippen molar-refractivity contribution in [2.75, 3.05) is 0 Å².